The van der Waals surface area contributed by atoms with Crippen molar-refractivity contribution in [3.05, 3.63) is 45.1 Å². The summed E-state index contributed by atoms with van der Waals surface area (Å²) in [6.45, 7) is 4.80. The zero-order chi connectivity index (χ0) is 22.7. The topological polar surface area (TPSA) is 113 Å². The van der Waals surface area contributed by atoms with E-state index in [0.717, 1.165) is 4.57 Å². The standard InChI is InChI=1S/C21H29N5O5/c1-13(2)10-22-20-23-18-17(19(28)25(4)21(29)24(18)3)26(20)11-14(27)12-31-16-8-6-15(30-5)7-9-16/h6-9,13-14,27H,10-12H2,1-5H3,(H,22,23)/t14-/m1/s1. The molecule has 0 saturated carbocycles. The van der Waals surface area contributed by atoms with Crippen LogP contribution in [-0.4, -0.2) is 50.2 Å². The van der Waals surface area contributed by atoms with Gasteiger partial charge < -0.3 is 24.5 Å². The van der Waals surface area contributed by atoms with Crippen LogP contribution >= 0.6 is 0 Å². The van der Waals surface area contributed by atoms with Crippen molar-refractivity contribution in [1.29, 1.82) is 0 Å². The molecule has 3 rings (SSSR count). The first-order chi connectivity index (χ1) is 14.7. The van der Waals surface area contributed by atoms with Crippen LogP contribution in [0, 0.1) is 5.92 Å². The first-order valence-electron chi connectivity index (χ1n) is 10.1. The number of ether oxygens (including phenoxy) is 2. The normalized spacial score (nSPS) is 12.4. The van der Waals surface area contributed by atoms with Gasteiger partial charge in [-0.3, -0.25) is 13.9 Å². The molecule has 2 aromatic heterocycles. The van der Waals surface area contributed by atoms with Crippen LogP contribution in [0.1, 0.15) is 13.8 Å². The van der Waals surface area contributed by atoms with Crippen LogP contribution in [0.25, 0.3) is 11.2 Å². The van der Waals surface area contributed by atoms with Gasteiger partial charge in [0.2, 0.25) is 5.95 Å². The fourth-order valence-electron chi connectivity index (χ4n) is 3.18. The van der Waals surface area contributed by atoms with Crippen LogP contribution in [0.5, 0.6) is 11.5 Å². The van der Waals surface area contributed by atoms with Gasteiger partial charge in [0.25, 0.3) is 5.56 Å². The molecular weight excluding hydrogens is 402 g/mol. The number of aliphatic hydroxyl groups excluding tert-OH is 1. The van der Waals surface area contributed by atoms with Crippen LogP contribution in [-0.2, 0) is 20.6 Å². The number of anilines is 1. The Bertz CT molecular complexity index is 1160. The van der Waals surface area contributed by atoms with E-state index in [4.69, 9.17) is 9.47 Å². The van der Waals surface area contributed by atoms with E-state index in [2.05, 4.69) is 10.3 Å². The Morgan fingerprint density at radius 1 is 1.10 bits per heavy atom. The molecule has 0 aliphatic carbocycles. The largest absolute Gasteiger partial charge is 0.497 e. The molecule has 0 unspecified atom stereocenters. The minimum absolute atomic E-state index is 0.0156. The number of hydrogen-bond donors (Lipinski definition) is 2. The summed E-state index contributed by atoms with van der Waals surface area (Å²) in [4.78, 5) is 29.6. The number of aromatic nitrogens is 4. The maximum absolute atomic E-state index is 12.8. The average molecular weight is 431 g/mol. The molecule has 0 saturated heterocycles. The molecule has 0 radical (unpaired) electrons. The zero-order valence-electron chi connectivity index (χ0n) is 18.5. The van der Waals surface area contributed by atoms with E-state index in [9.17, 15) is 14.7 Å². The molecule has 1 aromatic carbocycles. The first kappa shape index (κ1) is 22.4. The molecule has 0 amide bonds. The van der Waals surface area contributed by atoms with Gasteiger partial charge in [0.1, 0.15) is 24.2 Å². The summed E-state index contributed by atoms with van der Waals surface area (Å²) in [7, 11) is 4.57. The van der Waals surface area contributed by atoms with Crippen LogP contribution in [0.2, 0.25) is 0 Å². The second-order valence-corrected chi connectivity index (χ2v) is 7.84. The minimum Gasteiger partial charge on any atom is -0.497 e. The number of imidazole rings is 1. The summed E-state index contributed by atoms with van der Waals surface area (Å²) >= 11 is 0. The fourth-order valence-corrected chi connectivity index (χ4v) is 3.18. The van der Waals surface area contributed by atoms with Gasteiger partial charge in [0.05, 0.1) is 13.7 Å². The highest BCUT2D eigenvalue weighted by Gasteiger charge is 2.21. The quantitative estimate of drug-likeness (QED) is 0.519. The highest BCUT2D eigenvalue weighted by Crippen LogP contribution is 2.19. The van der Waals surface area contributed by atoms with Crippen molar-refractivity contribution in [2.75, 3.05) is 25.6 Å². The van der Waals surface area contributed by atoms with Crippen LogP contribution < -0.4 is 26.0 Å². The Morgan fingerprint density at radius 3 is 2.35 bits per heavy atom. The summed E-state index contributed by atoms with van der Waals surface area (Å²) < 4.78 is 14.8. The molecule has 2 heterocycles. The smallest absolute Gasteiger partial charge is 0.332 e. The third-order valence-corrected chi connectivity index (χ3v) is 4.91. The molecule has 10 heteroatoms. The third kappa shape index (κ3) is 4.74. The van der Waals surface area contributed by atoms with Crippen molar-refractivity contribution in [2.45, 2.75) is 26.5 Å². The van der Waals surface area contributed by atoms with Crippen LogP contribution in [0.3, 0.4) is 0 Å². The van der Waals surface area contributed by atoms with Crippen molar-refractivity contribution in [3.63, 3.8) is 0 Å². The van der Waals surface area contributed by atoms with Gasteiger partial charge >= 0.3 is 5.69 Å². The molecule has 0 aliphatic rings. The van der Waals surface area contributed by atoms with Crippen molar-refractivity contribution in [3.8, 4) is 11.5 Å². The van der Waals surface area contributed by atoms with Gasteiger partial charge in [0.15, 0.2) is 11.2 Å². The zero-order valence-corrected chi connectivity index (χ0v) is 18.5. The predicted molar refractivity (Wildman–Crippen MR) is 118 cm³/mol. The molecule has 0 fully saturated rings. The molecule has 0 aliphatic heterocycles. The molecule has 31 heavy (non-hydrogen) atoms. The predicted octanol–water partition coefficient (Wildman–Crippen LogP) is 0.950. The highest BCUT2D eigenvalue weighted by molar-refractivity contribution is 5.74. The molecule has 1 atom stereocenters. The summed E-state index contributed by atoms with van der Waals surface area (Å²) in [5.74, 6) is 2.06. The second kappa shape index (κ2) is 9.25. The number of nitrogens with one attached hydrogen (secondary N) is 1. The Labute approximate surface area is 179 Å². The molecular formula is C21H29N5O5. The molecule has 168 valence electrons. The van der Waals surface area contributed by atoms with Gasteiger partial charge in [-0.15, -0.1) is 0 Å². The van der Waals surface area contributed by atoms with Gasteiger partial charge in [0, 0.05) is 20.6 Å². The van der Waals surface area contributed by atoms with Crippen molar-refractivity contribution < 1.29 is 14.6 Å². The number of aryl methyl sites for hydroxylation is 1. The fraction of sp³-hybridized carbons (Fsp3) is 0.476. The first-order valence-corrected chi connectivity index (χ1v) is 10.1. The van der Waals surface area contributed by atoms with E-state index in [0.29, 0.717) is 29.9 Å². The molecule has 10 nitrogen and oxygen atoms in total. The van der Waals surface area contributed by atoms with E-state index in [-0.39, 0.29) is 24.3 Å². The van der Waals surface area contributed by atoms with E-state index < -0.39 is 17.4 Å². The number of hydrogen-bond acceptors (Lipinski definition) is 7. The van der Waals surface area contributed by atoms with Gasteiger partial charge in [-0.05, 0) is 30.2 Å². The van der Waals surface area contributed by atoms with Crippen molar-refractivity contribution in [1.82, 2.24) is 18.7 Å². The lowest BCUT2D eigenvalue weighted by atomic mass is 10.2. The molecule has 0 spiro atoms. The van der Waals surface area contributed by atoms with E-state index in [1.54, 1.807) is 43.0 Å². The van der Waals surface area contributed by atoms with E-state index in [1.807, 2.05) is 13.8 Å². The van der Waals surface area contributed by atoms with Gasteiger partial charge in [-0.25, -0.2) is 4.79 Å². The lowest BCUT2D eigenvalue weighted by molar-refractivity contribution is 0.0938. The Hall–Kier alpha value is -3.27. The number of fused-ring (bicyclic) bond motifs is 1. The number of rotatable bonds is 9. The molecule has 3 aromatic rings. The highest BCUT2D eigenvalue weighted by atomic mass is 16.5. The number of benzene rings is 1. The summed E-state index contributed by atoms with van der Waals surface area (Å²) in [5.41, 5.74) is -0.408. The summed E-state index contributed by atoms with van der Waals surface area (Å²) in [6.07, 6.45) is -0.916. The lowest BCUT2D eigenvalue weighted by Gasteiger charge is -2.16. The summed E-state index contributed by atoms with van der Waals surface area (Å²) in [6, 6.07) is 7.03. The maximum Gasteiger partial charge on any atom is 0.332 e. The molecule has 2 N–H and O–H groups in total. The minimum atomic E-state index is -0.916. The average Bonchev–Trinajstić information content (AvgIpc) is 3.11. The second-order valence-electron chi connectivity index (χ2n) is 7.84. The Morgan fingerprint density at radius 2 is 1.74 bits per heavy atom. The number of methoxy groups -OCH3 is 1. The van der Waals surface area contributed by atoms with E-state index in [1.165, 1.54) is 11.6 Å². The lowest BCUT2D eigenvalue weighted by Crippen LogP contribution is -2.38. The maximum atomic E-state index is 12.8. The van der Waals surface area contributed by atoms with E-state index >= 15 is 0 Å². The van der Waals surface area contributed by atoms with Gasteiger partial charge in [-0.2, -0.15) is 4.98 Å². The molecule has 0 bridgehead atoms. The number of nitrogens with zero attached hydrogens (tertiary/aromatic N) is 4. The van der Waals surface area contributed by atoms with Crippen molar-refractivity contribution in [2.24, 2.45) is 20.0 Å². The SMILES string of the molecule is COc1ccc(OC[C@H](O)Cn2c(NCC(C)C)nc3c2c(=O)n(C)c(=O)n3C)cc1. The van der Waals surface area contributed by atoms with Crippen LogP contribution in [0.15, 0.2) is 33.9 Å². The Balaban J connectivity index is 1.90. The third-order valence-electron chi connectivity index (χ3n) is 4.91. The van der Waals surface area contributed by atoms with Crippen LogP contribution in [0.4, 0.5) is 5.95 Å². The monoisotopic (exact) mass is 431 g/mol. The Kier molecular flexibility index (Phi) is 6.69. The summed E-state index contributed by atoms with van der Waals surface area (Å²) in [5, 5.41) is 13.8. The van der Waals surface area contributed by atoms with Gasteiger partial charge in [-0.1, -0.05) is 13.8 Å². The number of aliphatic hydroxyl groups is 1. The van der Waals surface area contributed by atoms with Crippen molar-refractivity contribution >= 4 is 17.1 Å².